The summed E-state index contributed by atoms with van der Waals surface area (Å²) >= 11 is 1.26. The fourth-order valence-electron chi connectivity index (χ4n) is 3.93. The Morgan fingerprint density at radius 2 is 1.76 bits per heavy atom. The number of aryl methyl sites for hydroxylation is 3. The Labute approximate surface area is 198 Å². The zero-order chi connectivity index (χ0) is 23.9. The van der Waals surface area contributed by atoms with Crippen LogP contribution in [0.15, 0.2) is 53.6 Å². The molecule has 0 fully saturated rings. The van der Waals surface area contributed by atoms with Crippen LogP contribution in [0.2, 0.25) is 0 Å². The molecule has 4 rings (SSSR count). The van der Waals surface area contributed by atoms with Gasteiger partial charge in [0, 0.05) is 5.69 Å². The minimum absolute atomic E-state index is 0.0811. The number of thiophene rings is 1. The number of aromatic nitrogens is 2. The van der Waals surface area contributed by atoms with E-state index in [0.717, 1.165) is 22.4 Å². The van der Waals surface area contributed by atoms with Crippen LogP contribution in [0, 0.1) is 20.8 Å². The van der Waals surface area contributed by atoms with Crippen molar-refractivity contribution in [3.8, 4) is 0 Å². The van der Waals surface area contributed by atoms with E-state index in [1.54, 1.807) is 10.9 Å². The lowest BCUT2D eigenvalue weighted by atomic mass is 9.87. The van der Waals surface area contributed by atoms with Crippen LogP contribution in [0.4, 0.5) is 5.69 Å². The molecule has 0 aliphatic rings. The largest absolute Gasteiger partial charge is 0.321 e. The van der Waals surface area contributed by atoms with Crippen LogP contribution in [-0.4, -0.2) is 15.5 Å². The summed E-state index contributed by atoms with van der Waals surface area (Å²) in [5.74, 6) is -0.217. The Hall–Kier alpha value is -3.25. The molecule has 33 heavy (non-hydrogen) atoms. The predicted molar refractivity (Wildman–Crippen MR) is 137 cm³/mol. The normalized spacial score (nSPS) is 11.7. The van der Waals surface area contributed by atoms with Gasteiger partial charge in [0.25, 0.3) is 11.5 Å². The average molecular weight is 460 g/mol. The molecule has 2 heterocycles. The van der Waals surface area contributed by atoms with E-state index in [0.29, 0.717) is 27.2 Å². The van der Waals surface area contributed by atoms with E-state index < -0.39 is 0 Å². The van der Waals surface area contributed by atoms with Gasteiger partial charge in [-0.05, 0) is 54.5 Å². The molecule has 170 valence electrons. The van der Waals surface area contributed by atoms with Gasteiger partial charge in [0.15, 0.2) is 0 Å². The molecular formula is C27H29N3O2S. The summed E-state index contributed by atoms with van der Waals surface area (Å²) in [6, 6.07) is 14.2. The number of rotatable bonds is 4. The van der Waals surface area contributed by atoms with Crippen molar-refractivity contribution in [1.29, 1.82) is 0 Å². The summed E-state index contributed by atoms with van der Waals surface area (Å²) in [6.45, 7) is 12.8. The van der Waals surface area contributed by atoms with Gasteiger partial charge in [-0.1, -0.05) is 62.7 Å². The molecule has 4 aromatic rings. The Balaban J connectivity index is 1.64. The van der Waals surface area contributed by atoms with Crippen molar-refractivity contribution < 1.29 is 4.79 Å². The molecule has 6 heteroatoms. The maximum atomic E-state index is 13.3. The lowest BCUT2D eigenvalue weighted by Gasteiger charge is -2.19. The van der Waals surface area contributed by atoms with Gasteiger partial charge in [-0.3, -0.25) is 14.2 Å². The number of hydrogen-bond donors (Lipinski definition) is 1. The fourth-order valence-corrected chi connectivity index (χ4v) is 4.96. The Morgan fingerprint density at radius 3 is 2.39 bits per heavy atom. The third kappa shape index (κ3) is 4.62. The van der Waals surface area contributed by atoms with Crippen molar-refractivity contribution in [3.63, 3.8) is 0 Å². The van der Waals surface area contributed by atoms with Crippen LogP contribution >= 0.6 is 11.3 Å². The maximum absolute atomic E-state index is 13.3. The Bertz CT molecular complexity index is 1410. The highest BCUT2D eigenvalue weighted by atomic mass is 32.1. The van der Waals surface area contributed by atoms with Gasteiger partial charge in [-0.25, -0.2) is 4.98 Å². The van der Waals surface area contributed by atoms with Gasteiger partial charge in [0.05, 0.1) is 23.1 Å². The summed E-state index contributed by atoms with van der Waals surface area (Å²) in [5.41, 5.74) is 5.82. The summed E-state index contributed by atoms with van der Waals surface area (Å²) in [6.07, 6.45) is 1.57. The van der Waals surface area contributed by atoms with E-state index in [1.807, 2.05) is 39.0 Å². The van der Waals surface area contributed by atoms with Crippen LogP contribution in [0.25, 0.3) is 10.2 Å². The number of anilines is 1. The van der Waals surface area contributed by atoms with Crippen molar-refractivity contribution in [3.05, 3.63) is 91.8 Å². The number of hydrogen-bond acceptors (Lipinski definition) is 4. The SMILES string of the molecule is Cc1ccc(NC(=O)c2sc3ncn(Cc4ccc(C(C)(C)C)cc4)c(=O)c3c2C)c(C)c1. The van der Waals surface area contributed by atoms with Crippen LogP contribution in [0.5, 0.6) is 0 Å². The molecule has 0 unspecified atom stereocenters. The summed E-state index contributed by atoms with van der Waals surface area (Å²) in [4.78, 5) is 31.9. The second-order valence-electron chi connectivity index (χ2n) is 9.63. The number of carbonyl (C=O) groups excluding carboxylic acids is 1. The van der Waals surface area contributed by atoms with E-state index >= 15 is 0 Å². The molecule has 0 aliphatic heterocycles. The number of benzene rings is 2. The van der Waals surface area contributed by atoms with Gasteiger partial charge < -0.3 is 5.32 Å². The number of nitrogens with zero attached hydrogens (tertiary/aromatic N) is 2. The first kappa shape index (κ1) is 22.9. The van der Waals surface area contributed by atoms with Gasteiger partial charge in [-0.15, -0.1) is 11.3 Å². The van der Waals surface area contributed by atoms with Gasteiger partial charge >= 0.3 is 0 Å². The lowest BCUT2D eigenvalue weighted by Crippen LogP contribution is -2.21. The van der Waals surface area contributed by atoms with Gasteiger partial charge in [0.1, 0.15) is 4.83 Å². The number of carbonyl (C=O) groups is 1. The van der Waals surface area contributed by atoms with Crippen molar-refractivity contribution >= 4 is 33.1 Å². The highest BCUT2D eigenvalue weighted by Crippen LogP contribution is 2.28. The molecule has 0 radical (unpaired) electrons. The molecule has 1 amide bonds. The van der Waals surface area contributed by atoms with Crippen LogP contribution in [0.3, 0.4) is 0 Å². The van der Waals surface area contributed by atoms with E-state index in [9.17, 15) is 9.59 Å². The molecule has 0 atom stereocenters. The van der Waals surface area contributed by atoms with Crippen molar-refractivity contribution in [2.75, 3.05) is 5.32 Å². The minimum atomic E-state index is -0.217. The Kier molecular flexibility index (Phi) is 5.97. The van der Waals surface area contributed by atoms with Crippen molar-refractivity contribution in [2.45, 2.75) is 53.5 Å². The van der Waals surface area contributed by atoms with Crippen molar-refractivity contribution in [2.24, 2.45) is 0 Å². The molecule has 2 aromatic heterocycles. The third-order valence-electron chi connectivity index (χ3n) is 5.93. The topological polar surface area (TPSA) is 64.0 Å². The number of nitrogens with one attached hydrogen (secondary N) is 1. The molecule has 0 bridgehead atoms. The van der Waals surface area contributed by atoms with E-state index in [1.165, 1.54) is 16.9 Å². The first-order valence-electron chi connectivity index (χ1n) is 11.0. The van der Waals surface area contributed by atoms with Crippen LogP contribution in [-0.2, 0) is 12.0 Å². The monoisotopic (exact) mass is 459 g/mol. The van der Waals surface area contributed by atoms with Gasteiger partial charge in [-0.2, -0.15) is 0 Å². The smallest absolute Gasteiger partial charge is 0.266 e. The standard InChI is InChI=1S/C27H29N3O2S/c1-16-7-12-21(17(2)13-16)29-24(31)23-18(3)22-25(33-23)28-15-30(26(22)32)14-19-8-10-20(11-9-19)27(4,5)6/h7-13,15H,14H2,1-6H3,(H,29,31). The first-order chi connectivity index (χ1) is 15.5. The van der Waals surface area contributed by atoms with E-state index in [2.05, 4.69) is 55.3 Å². The molecule has 0 spiro atoms. The maximum Gasteiger partial charge on any atom is 0.266 e. The molecule has 5 nitrogen and oxygen atoms in total. The molecular weight excluding hydrogens is 430 g/mol. The number of fused-ring (bicyclic) bond motifs is 1. The zero-order valence-electron chi connectivity index (χ0n) is 19.9. The highest BCUT2D eigenvalue weighted by molar-refractivity contribution is 7.20. The van der Waals surface area contributed by atoms with E-state index in [4.69, 9.17) is 0 Å². The van der Waals surface area contributed by atoms with Crippen molar-refractivity contribution in [1.82, 2.24) is 9.55 Å². The van der Waals surface area contributed by atoms with Crippen LogP contribution < -0.4 is 10.9 Å². The summed E-state index contributed by atoms with van der Waals surface area (Å²) in [5, 5.41) is 3.50. The van der Waals surface area contributed by atoms with Crippen LogP contribution in [0.1, 0.15) is 58.3 Å². The quantitative estimate of drug-likeness (QED) is 0.408. The molecule has 1 N–H and O–H groups in total. The Morgan fingerprint density at radius 1 is 1.06 bits per heavy atom. The molecule has 0 saturated heterocycles. The zero-order valence-corrected chi connectivity index (χ0v) is 20.8. The third-order valence-corrected chi connectivity index (χ3v) is 7.13. The molecule has 0 saturated carbocycles. The predicted octanol–water partition coefficient (Wildman–Crippen LogP) is 5.98. The summed E-state index contributed by atoms with van der Waals surface area (Å²) in [7, 11) is 0. The van der Waals surface area contributed by atoms with E-state index in [-0.39, 0.29) is 16.9 Å². The fraction of sp³-hybridized carbons (Fsp3) is 0.296. The highest BCUT2D eigenvalue weighted by Gasteiger charge is 2.20. The van der Waals surface area contributed by atoms with Gasteiger partial charge in [0.2, 0.25) is 0 Å². The number of amides is 1. The second kappa shape index (κ2) is 8.60. The first-order valence-corrected chi connectivity index (χ1v) is 11.8. The average Bonchev–Trinajstić information content (AvgIpc) is 3.09. The summed E-state index contributed by atoms with van der Waals surface area (Å²) < 4.78 is 1.61. The molecule has 0 aliphatic carbocycles. The lowest BCUT2D eigenvalue weighted by molar-refractivity contribution is 0.103. The minimum Gasteiger partial charge on any atom is -0.321 e. The molecule has 2 aromatic carbocycles. The second-order valence-corrected chi connectivity index (χ2v) is 10.6.